The van der Waals surface area contributed by atoms with Crippen molar-refractivity contribution in [2.45, 2.75) is 58.9 Å². The average Bonchev–Trinajstić information content (AvgIpc) is 2.49. The number of guanidine groups is 1. The van der Waals surface area contributed by atoms with Crippen LogP contribution in [0.15, 0.2) is 23.2 Å². The average molecular weight is 384 g/mol. The minimum Gasteiger partial charge on any atom is -0.491 e. The van der Waals surface area contributed by atoms with Crippen molar-refractivity contribution in [1.29, 1.82) is 0 Å². The zero-order valence-electron chi connectivity index (χ0n) is 17.0. The number of aryl methyl sites for hydroxylation is 1. The molecule has 0 aliphatic carbocycles. The highest BCUT2D eigenvalue weighted by Crippen LogP contribution is 2.22. The van der Waals surface area contributed by atoms with E-state index in [1.54, 1.807) is 13.8 Å². The first kappa shape index (κ1) is 22.3. The van der Waals surface area contributed by atoms with E-state index in [0.717, 1.165) is 16.9 Å². The van der Waals surface area contributed by atoms with Gasteiger partial charge in [0.2, 0.25) is 0 Å². The molecule has 0 bridgehead atoms. The molecule has 0 spiro atoms. The minimum absolute atomic E-state index is 0.0847. The summed E-state index contributed by atoms with van der Waals surface area (Å²) in [7, 11) is -3.17. The van der Waals surface area contributed by atoms with E-state index < -0.39 is 14.6 Å². The first-order chi connectivity index (χ1) is 12.0. The largest absolute Gasteiger partial charge is 0.491 e. The fraction of sp³-hybridized carbons (Fsp3) is 0.632. The highest BCUT2D eigenvalue weighted by Gasteiger charge is 2.30. The molecule has 1 aromatic carbocycles. The lowest BCUT2D eigenvalue weighted by atomic mass is 10.1. The molecule has 7 heteroatoms. The summed E-state index contributed by atoms with van der Waals surface area (Å²) in [6, 6.07) is 6.06. The van der Waals surface area contributed by atoms with Gasteiger partial charge in [0, 0.05) is 24.9 Å². The molecule has 0 amide bonds. The summed E-state index contributed by atoms with van der Waals surface area (Å²) in [5.41, 5.74) is 2.12. The fourth-order valence-electron chi connectivity index (χ4n) is 2.09. The maximum Gasteiger partial charge on any atom is 0.191 e. The third-order valence-corrected chi connectivity index (χ3v) is 6.17. The van der Waals surface area contributed by atoms with Gasteiger partial charge in [0.15, 0.2) is 15.8 Å². The lowest BCUT2D eigenvalue weighted by Crippen LogP contribution is -2.47. The van der Waals surface area contributed by atoms with Crippen LogP contribution in [0.3, 0.4) is 0 Å². The Morgan fingerprint density at radius 1 is 1.27 bits per heavy atom. The zero-order chi connectivity index (χ0) is 20.0. The van der Waals surface area contributed by atoms with Crippen molar-refractivity contribution in [3.05, 3.63) is 29.3 Å². The molecule has 0 heterocycles. The van der Waals surface area contributed by atoms with E-state index in [1.165, 1.54) is 6.26 Å². The van der Waals surface area contributed by atoms with Gasteiger partial charge in [-0.1, -0.05) is 12.1 Å². The Kier molecular flexibility index (Phi) is 7.93. The Morgan fingerprint density at radius 2 is 1.92 bits per heavy atom. The van der Waals surface area contributed by atoms with Gasteiger partial charge < -0.3 is 15.4 Å². The van der Waals surface area contributed by atoms with Crippen molar-refractivity contribution >= 4 is 15.8 Å². The lowest BCUT2D eigenvalue weighted by molar-refractivity contribution is 0.240. The molecule has 0 radical (unpaired) electrons. The van der Waals surface area contributed by atoms with E-state index in [2.05, 4.69) is 15.6 Å². The molecule has 0 saturated heterocycles. The van der Waals surface area contributed by atoms with Gasteiger partial charge in [-0.15, -0.1) is 0 Å². The lowest BCUT2D eigenvalue weighted by Gasteiger charge is -2.24. The van der Waals surface area contributed by atoms with Crippen LogP contribution in [0.25, 0.3) is 0 Å². The Morgan fingerprint density at radius 3 is 2.46 bits per heavy atom. The van der Waals surface area contributed by atoms with Crippen LogP contribution in [0.2, 0.25) is 0 Å². The van der Waals surface area contributed by atoms with Gasteiger partial charge in [-0.2, -0.15) is 0 Å². The molecule has 26 heavy (non-hydrogen) atoms. The van der Waals surface area contributed by atoms with Gasteiger partial charge in [-0.3, -0.25) is 0 Å². The number of benzene rings is 1. The van der Waals surface area contributed by atoms with Crippen LogP contribution < -0.4 is 15.4 Å². The topological polar surface area (TPSA) is 79.8 Å². The molecule has 1 aromatic rings. The Labute approximate surface area is 158 Å². The van der Waals surface area contributed by atoms with Crippen molar-refractivity contribution in [2.24, 2.45) is 4.99 Å². The number of hydrogen-bond acceptors (Lipinski definition) is 4. The number of nitrogens with one attached hydrogen (secondary N) is 2. The van der Waals surface area contributed by atoms with E-state index in [4.69, 9.17) is 4.74 Å². The number of ether oxygens (including phenoxy) is 1. The summed E-state index contributed by atoms with van der Waals surface area (Å²) in [5, 5.41) is 6.28. The number of sulfone groups is 1. The molecular formula is C19H33N3O3S. The summed E-state index contributed by atoms with van der Waals surface area (Å²) in [6.45, 7) is 12.8. The standard InChI is InChI=1S/C19H33N3O3S/c1-8-20-18(22-13-19(5,6)26(7,23)24)21-12-16-10-9-15(4)11-17(16)25-14(2)3/h9-11,14H,8,12-13H2,1-7H3,(H2,20,21,22). The summed E-state index contributed by atoms with van der Waals surface area (Å²) in [5.74, 6) is 1.41. The van der Waals surface area contributed by atoms with Crippen molar-refractivity contribution in [3.8, 4) is 5.75 Å². The van der Waals surface area contributed by atoms with Gasteiger partial charge in [0.05, 0.1) is 17.4 Å². The molecule has 2 N–H and O–H groups in total. The van der Waals surface area contributed by atoms with E-state index in [0.29, 0.717) is 19.0 Å². The number of aliphatic imine (C=N–C) groups is 1. The Bertz CT molecular complexity index is 726. The summed E-state index contributed by atoms with van der Waals surface area (Å²) in [4.78, 5) is 4.59. The quantitative estimate of drug-likeness (QED) is 0.533. The van der Waals surface area contributed by atoms with Crippen molar-refractivity contribution in [3.63, 3.8) is 0 Å². The maximum atomic E-state index is 11.9. The molecule has 0 atom stereocenters. The van der Waals surface area contributed by atoms with Crippen molar-refractivity contribution in [2.75, 3.05) is 19.3 Å². The molecular weight excluding hydrogens is 350 g/mol. The first-order valence-corrected chi connectivity index (χ1v) is 10.8. The van der Waals surface area contributed by atoms with Crippen molar-refractivity contribution in [1.82, 2.24) is 10.6 Å². The highest BCUT2D eigenvalue weighted by molar-refractivity contribution is 7.92. The van der Waals surface area contributed by atoms with Crippen molar-refractivity contribution < 1.29 is 13.2 Å². The van der Waals surface area contributed by atoms with Crippen LogP contribution in [0.1, 0.15) is 45.7 Å². The molecule has 148 valence electrons. The van der Waals surface area contributed by atoms with Crippen LogP contribution in [0, 0.1) is 6.92 Å². The van der Waals surface area contributed by atoms with Crippen LogP contribution in [0.5, 0.6) is 5.75 Å². The molecule has 6 nitrogen and oxygen atoms in total. The predicted octanol–water partition coefficient (Wildman–Crippen LogP) is 2.66. The van der Waals surface area contributed by atoms with E-state index in [1.807, 2.05) is 45.9 Å². The van der Waals surface area contributed by atoms with Gasteiger partial charge in [-0.25, -0.2) is 13.4 Å². The molecule has 0 aliphatic heterocycles. The van der Waals surface area contributed by atoms with Gasteiger partial charge >= 0.3 is 0 Å². The zero-order valence-corrected chi connectivity index (χ0v) is 17.8. The second-order valence-electron chi connectivity index (χ2n) is 7.36. The molecule has 0 fully saturated rings. The molecule has 0 unspecified atom stereocenters. The van der Waals surface area contributed by atoms with Gasteiger partial charge in [0.1, 0.15) is 5.75 Å². The SMILES string of the molecule is CCNC(=NCc1ccc(C)cc1OC(C)C)NCC(C)(C)S(C)(=O)=O. The summed E-state index contributed by atoms with van der Waals surface area (Å²) in [6.07, 6.45) is 1.34. The van der Waals surface area contributed by atoms with E-state index in [-0.39, 0.29) is 12.6 Å². The summed E-state index contributed by atoms with van der Waals surface area (Å²) >= 11 is 0. The summed E-state index contributed by atoms with van der Waals surface area (Å²) < 4.78 is 28.7. The second-order valence-corrected chi connectivity index (χ2v) is 10.0. The number of nitrogens with zero attached hydrogens (tertiary/aromatic N) is 1. The van der Waals surface area contributed by atoms with Crippen LogP contribution in [-0.4, -0.2) is 44.6 Å². The maximum absolute atomic E-state index is 11.9. The molecule has 0 aromatic heterocycles. The third-order valence-electron chi connectivity index (χ3n) is 4.02. The fourth-order valence-corrected chi connectivity index (χ4v) is 2.42. The Balaban J connectivity index is 2.94. The smallest absolute Gasteiger partial charge is 0.191 e. The van der Waals surface area contributed by atoms with E-state index in [9.17, 15) is 8.42 Å². The highest BCUT2D eigenvalue weighted by atomic mass is 32.2. The normalized spacial score (nSPS) is 13.0. The monoisotopic (exact) mass is 383 g/mol. The van der Waals surface area contributed by atoms with Gasteiger partial charge in [-0.05, 0) is 53.2 Å². The predicted molar refractivity (Wildman–Crippen MR) is 109 cm³/mol. The first-order valence-electron chi connectivity index (χ1n) is 8.94. The molecule has 0 saturated carbocycles. The molecule has 1 rings (SSSR count). The van der Waals surface area contributed by atoms with E-state index >= 15 is 0 Å². The number of rotatable bonds is 8. The third kappa shape index (κ3) is 6.86. The Hall–Kier alpha value is -1.76. The minimum atomic E-state index is -3.17. The number of hydrogen-bond donors (Lipinski definition) is 2. The van der Waals surface area contributed by atoms with Crippen LogP contribution in [0.4, 0.5) is 0 Å². The molecule has 0 aliphatic rings. The van der Waals surface area contributed by atoms with Gasteiger partial charge in [0.25, 0.3) is 0 Å². The van der Waals surface area contributed by atoms with Crippen LogP contribution >= 0.6 is 0 Å². The second kappa shape index (κ2) is 9.26. The van der Waals surface area contributed by atoms with Crippen LogP contribution in [-0.2, 0) is 16.4 Å².